The van der Waals surface area contributed by atoms with Crippen LogP contribution in [-0.4, -0.2) is 8.80 Å². The highest BCUT2D eigenvalue weighted by atomic mass is 28.3. The van der Waals surface area contributed by atoms with Crippen LogP contribution in [0.5, 0.6) is 0 Å². The van der Waals surface area contributed by atoms with E-state index in [9.17, 15) is 0 Å². The Morgan fingerprint density at radius 1 is 0.405 bits per heavy atom. The van der Waals surface area contributed by atoms with Crippen molar-refractivity contribution in [3.63, 3.8) is 0 Å². The van der Waals surface area contributed by atoms with Crippen molar-refractivity contribution in [2.45, 2.75) is 41.5 Å². The molecular formula is C36H36Si. The zero-order chi connectivity index (χ0) is 26.1. The molecule has 1 heteroatoms. The van der Waals surface area contributed by atoms with Crippen LogP contribution in [-0.2, 0) is 0 Å². The first-order valence-electron chi connectivity index (χ1n) is 13.2. The van der Waals surface area contributed by atoms with Crippen molar-refractivity contribution in [2.24, 2.45) is 0 Å². The van der Waals surface area contributed by atoms with Crippen LogP contribution in [0.25, 0.3) is 22.3 Å². The highest BCUT2D eigenvalue weighted by molar-refractivity contribution is 6.97. The fourth-order valence-corrected chi connectivity index (χ4v) is 9.71. The predicted octanol–water partition coefficient (Wildman–Crippen LogP) is 7.12. The van der Waals surface area contributed by atoms with Crippen LogP contribution in [0.4, 0.5) is 0 Å². The van der Waals surface area contributed by atoms with E-state index in [1.165, 1.54) is 71.2 Å². The molecule has 0 fully saturated rings. The first-order valence-corrected chi connectivity index (χ1v) is 15.0. The Balaban J connectivity index is 1.94. The number of rotatable bonds is 5. The van der Waals surface area contributed by atoms with E-state index in [0.717, 1.165) is 0 Å². The third-order valence-corrected chi connectivity index (χ3v) is 10.9. The van der Waals surface area contributed by atoms with Crippen molar-refractivity contribution < 1.29 is 0 Å². The second kappa shape index (κ2) is 10.4. The molecule has 0 aromatic heterocycles. The van der Waals surface area contributed by atoms with Crippen molar-refractivity contribution in [3.8, 4) is 22.3 Å². The van der Waals surface area contributed by atoms with Crippen LogP contribution in [0.1, 0.15) is 33.4 Å². The van der Waals surface area contributed by atoms with Gasteiger partial charge in [-0.2, -0.15) is 0 Å². The minimum Gasteiger partial charge on any atom is -0.0625 e. The quantitative estimate of drug-likeness (QED) is 0.179. The minimum absolute atomic E-state index is 1.32. The second-order valence-corrected chi connectivity index (χ2v) is 13.3. The summed E-state index contributed by atoms with van der Waals surface area (Å²) in [6.45, 7) is 13.5. The monoisotopic (exact) mass is 496 g/mol. The van der Waals surface area contributed by atoms with Crippen LogP contribution in [0.3, 0.4) is 0 Å². The third-order valence-electron chi connectivity index (χ3n) is 7.55. The minimum atomic E-state index is -1.83. The Hall–Kier alpha value is -3.68. The van der Waals surface area contributed by atoms with Crippen molar-refractivity contribution in [3.05, 3.63) is 137 Å². The summed E-state index contributed by atoms with van der Waals surface area (Å²) < 4.78 is 0. The maximum Gasteiger partial charge on any atom is 0.134 e. The zero-order valence-corrected chi connectivity index (χ0v) is 24.0. The van der Waals surface area contributed by atoms with E-state index in [4.69, 9.17) is 0 Å². The molecule has 0 aliphatic carbocycles. The van der Waals surface area contributed by atoms with Gasteiger partial charge in [-0.05, 0) is 91.2 Å². The topological polar surface area (TPSA) is 0 Å². The van der Waals surface area contributed by atoms with E-state index in [2.05, 4.69) is 145 Å². The van der Waals surface area contributed by atoms with Gasteiger partial charge in [0.15, 0.2) is 0 Å². The van der Waals surface area contributed by atoms with Gasteiger partial charge in [0.05, 0.1) is 0 Å². The summed E-state index contributed by atoms with van der Waals surface area (Å²) in [5.74, 6) is 0. The maximum atomic E-state index is 2.37. The lowest BCUT2D eigenvalue weighted by Crippen LogP contribution is -2.53. The van der Waals surface area contributed by atoms with Crippen LogP contribution in [0, 0.1) is 41.5 Å². The molecule has 184 valence electrons. The highest BCUT2D eigenvalue weighted by Gasteiger charge is 2.27. The molecule has 0 heterocycles. The Kier molecular flexibility index (Phi) is 6.99. The van der Waals surface area contributed by atoms with Crippen molar-refractivity contribution in [1.82, 2.24) is 0 Å². The molecule has 5 rings (SSSR count). The van der Waals surface area contributed by atoms with Crippen LogP contribution >= 0.6 is 0 Å². The van der Waals surface area contributed by atoms with Gasteiger partial charge in [0.2, 0.25) is 0 Å². The normalized spacial score (nSPS) is 11.2. The zero-order valence-electron chi connectivity index (χ0n) is 22.9. The van der Waals surface area contributed by atoms with E-state index in [1.54, 1.807) is 0 Å². The standard InChI is InChI=1S/C36H36Si/c1-24-20-26(3)34(27(4)21-24)32-18-13-19-33(35-28(5)22-25(2)23-29(35)6)36(32)37(30-14-9-7-10-15-30)31-16-11-8-12-17-31/h7-23,37H,1-6H3. The first kappa shape index (κ1) is 25.0. The molecule has 0 aliphatic rings. The number of hydrogen-bond donors (Lipinski definition) is 0. The van der Waals surface area contributed by atoms with E-state index in [-0.39, 0.29) is 0 Å². The largest absolute Gasteiger partial charge is 0.134 e. The molecule has 0 unspecified atom stereocenters. The van der Waals surface area contributed by atoms with Gasteiger partial charge in [-0.1, -0.05) is 125 Å². The average Bonchev–Trinajstić information content (AvgIpc) is 2.85. The van der Waals surface area contributed by atoms with Gasteiger partial charge in [-0.25, -0.2) is 0 Å². The lowest BCUT2D eigenvalue weighted by Gasteiger charge is -2.27. The molecule has 5 aromatic rings. The van der Waals surface area contributed by atoms with Gasteiger partial charge in [0, 0.05) is 0 Å². The van der Waals surface area contributed by atoms with Crippen molar-refractivity contribution in [1.29, 1.82) is 0 Å². The molecule has 0 atom stereocenters. The molecule has 0 spiro atoms. The smallest absolute Gasteiger partial charge is 0.0625 e. The summed E-state index contributed by atoms with van der Waals surface area (Å²) in [7, 11) is -1.83. The maximum absolute atomic E-state index is 2.37. The number of aryl methyl sites for hydroxylation is 6. The van der Waals surface area contributed by atoms with Crippen LogP contribution < -0.4 is 15.6 Å². The molecule has 0 saturated heterocycles. The van der Waals surface area contributed by atoms with Gasteiger partial charge < -0.3 is 0 Å². The van der Waals surface area contributed by atoms with E-state index < -0.39 is 8.80 Å². The Labute approximate surface area is 224 Å². The first-order chi connectivity index (χ1) is 17.8. The lowest BCUT2D eigenvalue weighted by atomic mass is 9.89. The van der Waals surface area contributed by atoms with Crippen molar-refractivity contribution in [2.75, 3.05) is 0 Å². The Bertz CT molecular complexity index is 1400. The van der Waals surface area contributed by atoms with E-state index in [0.29, 0.717) is 0 Å². The Morgan fingerprint density at radius 2 is 0.757 bits per heavy atom. The summed E-state index contributed by atoms with van der Waals surface area (Å²) in [6, 6.07) is 38.8. The number of benzene rings is 5. The molecule has 0 amide bonds. The van der Waals surface area contributed by atoms with Gasteiger partial charge in [0.25, 0.3) is 0 Å². The molecule has 5 aromatic carbocycles. The van der Waals surface area contributed by atoms with Crippen LogP contribution in [0.2, 0.25) is 0 Å². The fourth-order valence-electron chi connectivity index (χ4n) is 6.34. The molecule has 0 radical (unpaired) electrons. The second-order valence-electron chi connectivity index (χ2n) is 10.6. The molecule has 37 heavy (non-hydrogen) atoms. The van der Waals surface area contributed by atoms with Gasteiger partial charge in [-0.15, -0.1) is 0 Å². The van der Waals surface area contributed by atoms with Gasteiger partial charge >= 0.3 is 0 Å². The predicted molar refractivity (Wildman–Crippen MR) is 165 cm³/mol. The van der Waals surface area contributed by atoms with Gasteiger partial charge in [0.1, 0.15) is 8.80 Å². The molecule has 0 bridgehead atoms. The summed E-state index contributed by atoms with van der Waals surface area (Å²) in [5, 5.41) is 4.42. The lowest BCUT2D eigenvalue weighted by molar-refractivity contribution is 1.31. The highest BCUT2D eigenvalue weighted by Crippen LogP contribution is 2.33. The molecule has 0 nitrogen and oxygen atoms in total. The Morgan fingerprint density at radius 3 is 1.11 bits per heavy atom. The SMILES string of the molecule is Cc1cc(C)c(-c2cccc(-c3c(C)cc(C)cc3C)c2[SiH](c2ccccc2)c2ccccc2)c(C)c1. The summed E-state index contributed by atoms with van der Waals surface area (Å²) >= 11 is 0. The van der Waals surface area contributed by atoms with Crippen molar-refractivity contribution >= 4 is 24.4 Å². The molecule has 0 N–H and O–H groups in total. The third kappa shape index (κ3) is 4.84. The molecule has 0 aliphatic heterocycles. The van der Waals surface area contributed by atoms with E-state index >= 15 is 0 Å². The van der Waals surface area contributed by atoms with Gasteiger partial charge in [-0.3, -0.25) is 0 Å². The summed E-state index contributed by atoms with van der Waals surface area (Å²) in [5.41, 5.74) is 13.6. The number of hydrogen-bond acceptors (Lipinski definition) is 0. The summed E-state index contributed by atoms with van der Waals surface area (Å²) in [4.78, 5) is 0. The summed E-state index contributed by atoms with van der Waals surface area (Å²) in [6.07, 6.45) is 0. The molecular weight excluding hydrogens is 460 g/mol. The average molecular weight is 497 g/mol. The fraction of sp³-hybridized carbons (Fsp3) is 0.167. The molecule has 0 saturated carbocycles. The van der Waals surface area contributed by atoms with Crippen LogP contribution in [0.15, 0.2) is 103 Å². The van der Waals surface area contributed by atoms with E-state index in [1.807, 2.05) is 0 Å².